The largest absolute Gasteiger partial charge is 0.389 e. The summed E-state index contributed by atoms with van der Waals surface area (Å²) in [5, 5.41) is 18.1. The number of rotatable bonds is 3. The lowest BCUT2D eigenvalue weighted by molar-refractivity contribution is 0.310. The smallest absolute Gasteiger partial charge is 0.226 e. The number of aromatic nitrogens is 3. The lowest BCUT2D eigenvalue weighted by atomic mass is 9.71. The molecule has 0 aromatic carbocycles. The third-order valence-electron chi connectivity index (χ3n) is 6.69. The lowest BCUT2D eigenvalue weighted by Crippen LogP contribution is -2.38. The predicted octanol–water partition coefficient (Wildman–Crippen LogP) is 3.48. The van der Waals surface area contributed by atoms with Gasteiger partial charge in [-0.15, -0.1) is 11.3 Å². The molecule has 0 radical (unpaired) electrons. The van der Waals surface area contributed by atoms with Crippen molar-refractivity contribution in [2.45, 2.75) is 51.0 Å². The van der Waals surface area contributed by atoms with Crippen LogP contribution in [0.3, 0.4) is 0 Å². The minimum Gasteiger partial charge on any atom is -0.389 e. The van der Waals surface area contributed by atoms with Crippen molar-refractivity contribution >= 4 is 22.3 Å². The summed E-state index contributed by atoms with van der Waals surface area (Å²) < 4.78 is 5.87. The summed E-state index contributed by atoms with van der Waals surface area (Å²) in [6.07, 6.45) is 5.68. The summed E-state index contributed by atoms with van der Waals surface area (Å²) in [5.41, 5.74) is 8.73. The van der Waals surface area contributed by atoms with Gasteiger partial charge in [0.1, 0.15) is 22.5 Å². The molecule has 3 aromatic rings. The molecule has 0 unspecified atom stereocenters. The highest BCUT2D eigenvalue weighted by molar-refractivity contribution is 7.16. The molecular formula is C23H27N7OS. The molecule has 0 saturated carbocycles. The minimum atomic E-state index is -0.432. The molecule has 1 fully saturated rings. The van der Waals surface area contributed by atoms with Crippen molar-refractivity contribution in [3.63, 3.8) is 0 Å². The monoisotopic (exact) mass is 449 g/mol. The van der Waals surface area contributed by atoms with Crippen LogP contribution in [-0.2, 0) is 11.8 Å². The SMILES string of the molecule is C[C@H]1CNCCCN1c1nccc(-c2cc([C@@]3(C)CCCc4sc(N)c(C#N)c43)on2)n1. The molecule has 1 aliphatic heterocycles. The Bertz CT molecular complexity index is 1180. The molecule has 1 saturated heterocycles. The zero-order chi connectivity index (χ0) is 22.3. The van der Waals surface area contributed by atoms with E-state index in [0.717, 1.165) is 62.3 Å². The van der Waals surface area contributed by atoms with Crippen LogP contribution in [0.15, 0.2) is 22.9 Å². The van der Waals surface area contributed by atoms with Crippen molar-refractivity contribution in [1.82, 2.24) is 20.4 Å². The van der Waals surface area contributed by atoms with Gasteiger partial charge in [-0.2, -0.15) is 5.26 Å². The maximum atomic E-state index is 9.73. The second kappa shape index (κ2) is 8.19. The van der Waals surface area contributed by atoms with Crippen LogP contribution < -0.4 is 16.0 Å². The number of thiophene rings is 1. The number of hydrogen-bond acceptors (Lipinski definition) is 9. The van der Waals surface area contributed by atoms with E-state index in [4.69, 9.17) is 15.2 Å². The van der Waals surface area contributed by atoms with Crippen LogP contribution in [0.1, 0.15) is 54.9 Å². The van der Waals surface area contributed by atoms with E-state index in [1.165, 1.54) is 16.2 Å². The van der Waals surface area contributed by atoms with Gasteiger partial charge >= 0.3 is 0 Å². The van der Waals surface area contributed by atoms with Crippen LogP contribution >= 0.6 is 11.3 Å². The molecule has 0 spiro atoms. The zero-order valence-corrected chi connectivity index (χ0v) is 19.2. The van der Waals surface area contributed by atoms with E-state index in [1.807, 2.05) is 12.1 Å². The van der Waals surface area contributed by atoms with Gasteiger partial charge in [-0.05, 0) is 57.7 Å². The summed E-state index contributed by atoms with van der Waals surface area (Å²) >= 11 is 1.52. The van der Waals surface area contributed by atoms with Crippen LogP contribution in [0, 0.1) is 11.3 Å². The van der Waals surface area contributed by atoms with Crippen LogP contribution in [0.5, 0.6) is 0 Å². The summed E-state index contributed by atoms with van der Waals surface area (Å²) in [6, 6.07) is 6.45. The van der Waals surface area contributed by atoms with Crippen LogP contribution in [0.2, 0.25) is 0 Å². The van der Waals surface area contributed by atoms with Gasteiger partial charge in [0.05, 0.1) is 16.7 Å². The highest BCUT2D eigenvalue weighted by Crippen LogP contribution is 2.49. The molecule has 0 bridgehead atoms. The first kappa shape index (κ1) is 20.9. The van der Waals surface area contributed by atoms with E-state index in [2.05, 4.69) is 40.3 Å². The maximum Gasteiger partial charge on any atom is 0.226 e. The average molecular weight is 450 g/mol. The molecule has 2 aliphatic rings. The van der Waals surface area contributed by atoms with Gasteiger partial charge in [-0.25, -0.2) is 9.97 Å². The average Bonchev–Trinajstić information content (AvgIpc) is 3.35. The van der Waals surface area contributed by atoms with Gasteiger partial charge in [0.15, 0.2) is 0 Å². The number of nitrogen functional groups attached to an aromatic ring is 1. The highest BCUT2D eigenvalue weighted by Gasteiger charge is 2.41. The molecule has 32 heavy (non-hydrogen) atoms. The van der Waals surface area contributed by atoms with Crippen molar-refractivity contribution in [3.05, 3.63) is 40.1 Å². The Hall–Kier alpha value is -2.96. The topological polar surface area (TPSA) is 117 Å². The van der Waals surface area contributed by atoms with Crippen molar-refractivity contribution in [3.8, 4) is 17.5 Å². The summed E-state index contributed by atoms with van der Waals surface area (Å²) in [7, 11) is 0. The lowest BCUT2D eigenvalue weighted by Gasteiger charge is -2.31. The number of aryl methyl sites for hydroxylation is 1. The summed E-state index contributed by atoms with van der Waals surface area (Å²) in [5.74, 6) is 1.46. The van der Waals surface area contributed by atoms with Gasteiger partial charge in [0.25, 0.3) is 0 Å². The fraction of sp³-hybridized carbons (Fsp3) is 0.478. The molecule has 1 aliphatic carbocycles. The number of hydrogen-bond donors (Lipinski definition) is 2. The van der Waals surface area contributed by atoms with Crippen LogP contribution in [0.25, 0.3) is 11.4 Å². The normalized spacial score (nSPS) is 23.4. The zero-order valence-electron chi connectivity index (χ0n) is 18.4. The quantitative estimate of drug-likeness (QED) is 0.624. The van der Waals surface area contributed by atoms with E-state index >= 15 is 0 Å². The molecule has 166 valence electrons. The Morgan fingerprint density at radius 2 is 2.25 bits per heavy atom. The standard InChI is InChI=1S/C23H27N7OS/c1-14-13-26-8-4-10-30(14)22-27-9-6-16(28-22)17-11-19(31-29-17)23(2)7-3-5-18-20(23)15(12-24)21(25)32-18/h6,9,11,14,26H,3-5,7-8,10,13,25H2,1-2H3/t14-,23+/m0/s1. The Morgan fingerprint density at radius 3 is 3.09 bits per heavy atom. The fourth-order valence-electron chi connectivity index (χ4n) is 4.94. The van der Waals surface area contributed by atoms with Crippen molar-refractivity contribution in [2.75, 3.05) is 30.3 Å². The molecule has 3 N–H and O–H groups in total. The first-order valence-corrected chi connectivity index (χ1v) is 11.9. The molecular weight excluding hydrogens is 422 g/mol. The number of nitrogens with zero attached hydrogens (tertiary/aromatic N) is 5. The second-order valence-corrected chi connectivity index (χ2v) is 9.99. The predicted molar refractivity (Wildman–Crippen MR) is 125 cm³/mol. The van der Waals surface area contributed by atoms with Crippen molar-refractivity contribution < 1.29 is 4.52 Å². The van der Waals surface area contributed by atoms with Gasteiger partial charge in [-0.1, -0.05) is 5.16 Å². The Kier molecular flexibility index (Phi) is 5.35. The molecule has 9 heteroatoms. The molecule has 0 amide bonds. The molecule has 4 heterocycles. The van der Waals surface area contributed by atoms with Crippen LogP contribution in [-0.4, -0.2) is 40.8 Å². The number of nitrogens with one attached hydrogen (secondary N) is 1. The van der Waals surface area contributed by atoms with Crippen molar-refractivity contribution in [1.29, 1.82) is 5.26 Å². The highest BCUT2D eigenvalue weighted by atomic mass is 32.1. The third kappa shape index (κ3) is 3.44. The first-order valence-electron chi connectivity index (χ1n) is 11.1. The summed E-state index contributed by atoms with van der Waals surface area (Å²) in [6.45, 7) is 7.14. The third-order valence-corrected chi connectivity index (χ3v) is 7.77. The Labute approximate surface area is 191 Å². The summed E-state index contributed by atoms with van der Waals surface area (Å²) in [4.78, 5) is 12.8. The molecule has 2 atom stereocenters. The first-order chi connectivity index (χ1) is 15.5. The van der Waals surface area contributed by atoms with E-state index in [1.54, 1.807) is 6.20 Å². The maximum absolute atomic E-state index is 9.73. The van der Waals surface area contributed by atoms with Crippen molar-refractivity contribution in [2.24, 2.45) is 0 Å². The minimum absolute atomic E-state index is 0.314. The van der Waals surface area contributed by atoms with Gasteiger partial charge < -0.3 is 20.5 Å². The van der Waals surface area contributed by atoms with Gasteiger partial charge in [0.2, 0.25) is 5.95 Å². The molecule has 8 nitrogen and oxygen atoms in total. The van der Waals surface area contributed by atoms with E-state index in [9.17, 15) is 5.26 Å². The van der Waals surface area contributed by atoms with E-state index < -0.39 is 5.41 Å². The second-order valence-electron chi connectivity index (χ2n) is 8.86. The Balaban J connectivity index is 1.50. The molecule has 3 aromatic heterocycles. The van der Waals surface area contributed by atoms with E-state index in [-0.39, 0.29) is 0 Å². The fourth-order valence-corrected chi connectivity index (χ4v) is 6.13. The van der Waals surface area contributed by atoms with Gasteiger partial charge in [0, 0.05) is 36.3 Å². The van der Waals surface area contributed by atoms with Gasteiger partial charge in [-0.3, -0.25) is 0 Å². The number of nitriles is 1. The Morgan fingerprint density at radius 1 is 1.38 bits per heavy atom. The van der Waals surface area contributed by atoms with Crippen LogP contribution in [0.4, 0.5) is 10.9 Å². The van der Waals surface area contributed by atoms with E-state index in [0.29, 0.717) is 28.2 Å². The number of anilines is 2. The number of nitrogens with two attached hydrogens (primary N) is 1. The molecule has 5 rings (SSSR count). The number of fused-ring (bicyclic) bond motifs is 1.